The lowest BCUT2D eigenvalue weighted by Gasteiger charge is -2.32. The highest BCUT2D eigenvalue weighted by atomic mass is 32.1. The molecule has 2 heterocycles. The van der Waals surface area contributed by atoms with Crippen molar-refractivity contribution in [3.8, 4) is 11.1 Å². The molecule has 0 radical (unpaired) electrons. The van der Waals surface area contributed by atoms with Gasteiger partial charge < -0.3 is 15.2 Å². The number of thiophene rings is 1. The van der Waals surface area contributed by atoms with Crippen LogP contribution in [0.15, 0.2) is 77.5 Å². The number of carbonyl (C=O) groups is 2. The highest BCUT2D eigenvalue weighted by Crippen LogP contribution is 2.27. The van der Waals surface area contributed by atoms with Crippen LogP contribution in [-0.4, -0.2) is 38.9 Å². The summed E-state index contributed by atoms with van der Waals surface area (Å²) in [5, 5.41) is 21.1. The van der Waals surface area contributed by atoms with Crippen LogP contribution in [-0.2, 0) is 35.5 Å². The highest BCUT2D eigenvalue weighted by Gasteiger charge is 2.28. The van der Waals surface area contributed by atoms with E-state index in [0.29, 0.717) is 19.4 Å². The average Bonchev–Trinajstić information content (AvgIpc) is 3.63. The van der Waals surface area contributed by atoms with Gasteiger partial charge in [-0.2, -0.15) is 16.4 Å². The summed E-state index contributed by atoms with van der Waals surface area (Å²) in [6.07, 6.45) is 5.09. The van der Waals surface area contributed by atoms with Gasteiger partial charge in [0.05, 0.1) is 18.8 Å². The van der Waals surface area contributed by atoms with Crippen molar-refractivity contribution in [2.45, 2.75) is 63.8 Å². The van der Waals surface area contributed by atoms with E-state index in [9.17, 15) is 14.7 Å². The van der Waals surface area contributed by atoms with E-state index in [1.807, 2.05) is 42.5 Å². The lowest BCUT2D eigenvalue weighted by atomic mass is 9.92. The third kappa shape index (κ3) is 7.02. The fourth-order valence-corrected chi connectivity index (χ4v) is 5.88. The molecule has 202 valence electrons. The molecule has 1 fully saturated rings. The van der Waals surface area contributed by atoms with E-state index < -0.39 is 5.97 Å². The standard InChI is InChI=1S/C31H33N3O4S/c35-30(32-27-12-6-7-13-29(27)38-20-22-8-2-1-3-9-22)19-34-25(18-28(33-34)31(36)37)15-14-23-10-4-5-11-26(23)24-16-17-39-21-24/h1-5,8-11,16-18,21,27,29H,6-7,12-15,19-20H2,(H,32,35)(H,36,37)/t27-,29-/m0/s1. The van der Waals surface area contributed by atoms with E-state index in [1.165, 1.54) is 21.4 Å². The normalized spacial score (nSPS) is 17.1. The first kappa shape index (κ1) is 26.8. The molecular weight excluding hydrogens is 510 g/mol. The Morgan fingerprint density at radius 1 is 1.03 bits per heavy atom. The highest BCUT2D eigenvalue weighted by molar-refractivity contribution is 7.08. The zero-order valence-electron chi connectivity index (χ0n) is 21.8. The molecule has 1 saturated carbocycles. The van der Waals surface area contributed by atoms with Gasteiger partial charge in [-0.15, -0.1) is 0 Å². The number of aryl methyl sites for hydroxylation is 2. The van der Waals surface area contributed by atoms with Crippen LogP contribution >= 0.6 is 11.3 Å². The molecular formula is C31H33N3O4S. The van der Waals surface area contributed by atoms with Crippen LogP contribution in [0.1, 0.15) is 53.0 Å². The van der Waals surface area contributed by atoms with E-state index in [1.54, 1.807) is 17.4 Å². The van der Waals surface area contributed by atoms with Gasteiger partial charge in [0.15, 0.2) is 5.69 Å². The number of rotatable bonds is 11. The van der Waals surface area contributed by atoms with Crippen molar-refractivity contribution in [3.05, 3.63) is 100 Å². The van der Waals surface area contributed by atoms with Crippen LogP contribution in [0.2, 0.25) is 0 Å². The molecule has 2 atom stereocenters. The predicted molar refractivity (Wildman–Crippen MR) is 152 cm³/mol. The van der Waals surface area contributed by atoms with Crippen LogP contribution in [0.5, 0.6) is 0 Å². The minimum Gasteiger partial charge on any atom is -0.476 e. The first-order valence-corrected chi connectivity index (χ1v) is 14.4. The van der Waals surface area contributed by atoms with Gasteiger partial charge in [0.2, 0.25) is 5.91 Å². The number of carbonyl (C=O) groups excluding carboxylic acids is 1. The zero-order valence-corrected chi connectivity index (χ0v) is 22.6. The molecule has 1 amide bonds. The predicted octanol–water partition coefficient (Wildman–Crippen LogP) is 5.74. The minimum absolute atomic E-state index is 0.0311. The Labute approximate surface area is 232 Å². The van der Waals surface area contributed by atoms with Gasteiger partial charge in [0.1, 0.15) is 6.54 Å². The van der Waals surface area contributed by atoms with Crippen LogP contribution < -0.4 is 5.32 Å². The molecule has 8 heteroatoms. The summed E-state index contributed by atoms with van der Waals surface area (Å²) in [6.45, 7) is 0.479. The van der Waals surface area contributed by atoms with Gasteiger partial charge in [-0.25, -0.2) is 4.79 Å². The molecule has 0 saturated heterocycles. The molecule has 39 heavy (non-hydrogen) atoms. The Balaban J connectivity index is 1.25. The number of nitrogens with zero attached hydrogens (tertiary/aromatic N) is 2. The van der Waals surface area contributed by atoms with Gasteiger partial charge in [-0.1, -0.05) is 67.4 Å². The molecule has 1 aliphatic carbocycles. The van der Waals surface area contributed by atoms with Crippen LogP contribution in [0.25, 0.3) is 11.1 Å². The molecule has 2 aromatic carbocycles. The number of benzene rings is 2. The van der Waals surface area contributed by atoms with Crippen LogP contribution in [0, 0.1) is 0 Å². The number of aromatic nitrogens is 2. The van der Waals surface area contributed by atoms with Crippen molar-refractivity contribution >= 4 is 23.2 Å². The largest absolute Gasteiger partial charge is 0.476 e. The first-order valence-electron chi connectivity index (χ1n) is 13.4. The van der Waals surface area contributed by atoms with Gasteiger partial charge in [0, 0.05) is 5.69 Å². The molecule has 7 nitrogen and oxygen atoms in total. The number of hydrogen-bond donors (Lipinski definition) is 2. The van der Waals surface area contributed by atoms with E-state index >= 15 is 0 Å². The molecule has 1 aliphatic rings. The Hall–Kier alpha value is -3.75. The summed E-state index contributed by atoms with van der Waals surface area (Å²) in [7, 11) is 0. The SMILES string of the molecule is O=C(Cn1nc(C(=O)O)cc1CCc1ccccc1-c1ccsc1)N[C@H]1CCCC[C@@H]1OCc1ccccc1. The summed E-state index contributed by atoms with van der Waals surface area (Å²) in [5.74, 6) is -1.29. The summed E-state index contributed by atoms with van der Waals surface area (Å²) in [5.41, 5.74) is 5.29. The average molecular weight is 544 g/mol. The van der Waals surface area contributed by atoms with E-state index in [2.05, 4.69) is 39.4 Å². The second-order valence-electron chi connectivity index (χ2n) is 9.95. The number of carboxylic acids is 1. The van der Waals surface area contributed by atoms with E-state index in [0.717, 1.165) is 36.9 Å². The van der Waals surface area contributed by atoms with Gasteiger partial charge in [0.25, 0.3) is 0 Å². The van der Waals surface area contributed by atoms with Gasteiger partial charge in [-0.05, 0) is 70.8 Å². The molecule has 2 aromatic heterocycles. The molecule has 5 rings (SSSR count). The lowest BCUT2D eigenvalue weighted by molar-refractivity contribution is -0.124. The second-order valence-corrected chi connectivity index (χ2v) is 10.7. The third-order valence-corrected chi connectivity index (χ3v) is 7.91. The Morgan fingerprint density at radius 2 is 1.82 bits per heavy atom. The van der Waals surface area contributed by atoms with Gasteiger partial charge in [-0.3, -0.25) is 9.48 Å². The molecule has 0 unspecified atom stereocenters. The van der Waals surface area contributed by atoms with Gasteiger partial charge >= 0.3 is 5.97 Å². The summed E-state index contributed by atoms with van der Waals surface area (Å²) >= 11 is 1.66. The first-order chi connectivity index (χ1) is 19.1. The smallest absolute Gasteiger partial charge is 0.356 e. The minimum atomic E-state index is -1.10. The van der Waals surface area contributed by atoms with Crippen molar-refractivity contribution in [1.29, 1.82) is 0 Å². The second kappa shape index (κ2) is 12.9. The molecule has 0 aliphatic heterocycles. The number of aromatic carboxylic acids is 1. The van der Waals surface area contributed by atoms with Crippen molar-refractivity contribution < 1.29 is 19.4 Å². The topological polar surface area (TPSA) is 93.5 Å². The fourth-order valence-electron chi connectivity index (χ4n) is 5.23. The fraction of sp³-hybridized carbons (Fsp3) is 0.323. The number of ether oxygens (including phenoxy) is 1. The van der Waals surface area contributed by atoms with Crippen molar-refractivity contribution in [2.24, 2.45) is 0 Å². The van der Waals surface area contributed by atoms with Crippen LogP contribution in [0.4, 0.5) is 0 Å². The monoisotopic (exact) mass is 543 g/mol. The maximum atomic E-state index is 13.1. The summed E-state index contributed by atoms with van der Waals surface area (Å²) < 4.78 is 7.74. The van der Waals surface area contributed by atoms with Crippen molar-refractivity contribution in [1.82, 2.24) is 15.1 Å². The zero-order chi connectivity index (χ0) is 27.0. The summed E-state index contributed by atoms with van der Waals surface area (Å²) in [6, 6.07) is 21.9. The Bertz CT molecular complexity index is 1380. The third-order valence-electron chi connectivity index (χ3n) is 7.23. The number of hydrogen-bond acceptors (Lipinski definition) is 5. The Kier molecular flexibility index (Phi) is 8.85. The Morgan fingerprint density at radius 3 is 2.62 bits per heavy atom. The maximum absolute atomic E-state index is 13.1. The lowest BCUT2D eigenvalue weighted by Crippen LogP contribution is -2.47. The van der Waals surface area contributed by atoms with E-state index in [-0.39, 0.29) is 30.3 Å². The molecule has 2 N–H and O–H groups in total. The molecule has 0 spiro atoms. The maximum Gasteiger partial charge on any atom is 0.356 e. The number of nitrogens with one attached hydrogen (secondary N) is 1. The summed E-state index contributed by atoms with van der Waals surface area (Å²) in [4.78, 5) is 24.8. The van der Waals surface area contributed by atoms with E-state index in [4.69, 9.17) is 4.74 Å². The number of amides is 1. The van der Waals surface area contributed by atoms with Crippen LogP contribution in [0.3, 0.4) is 0 Å². The van der Waals surface area contributed by atoms with Crippen molar-refractivity contribution in [3.63, 3.8) is 0 Å². The quantitative estimate of drug-likeness (QED) is 0.252. The molecule has 4 aromatic rings. The molecule has 0 bridgehead atoms. The van der Waals surface area contributed by atoms with Crippen molar-refractivity contribution in [2.75, 3.05) is 0 Å². The number of carboxylic acid groups (broad SMARTS) is 1.